The summed E-state index contributed by atoms with van der Waals surface area (Å²) in [6.07, 6.45) is 0.824. The fourth-order valence-electron chi connectivity index (χ4n) is 5.08. The van der Waals surface area contributed by atoms with Gasteiger partial charge in [-0.15, -0.1) is 0 Å². The molecule has 1 aliphatic heterocycles. The number of amides is 1. The number of methoxy groups -OCH3 is 1. The molecule has 11 nitrogen and oxygen atoms in total. The van der Waals surface area contributed by atoms with Gasteiger partial charge in [0, 0.05) is 36.7 Å². The normalized spacial score (nSPS) is 29.5. The number of nitrogens with zero attached hydrogens (tertiary/aromatic N) is 4. The van der Waals surface area contributed by atoms with Gasteiger partial charge in [0.05, 0.1) is 24.6 Å². The number of hydrogen-bond donors (Lipinski definition) is 3. The second-order valence-corrected chi connectivity index (χ2v) is 9.47. The van der Waals surface area contributed by atoms with Crippen molar-refractivity contribution in [3.8, 4) is 0 Å². The summed E-state index contributed by atoms with van der Waals surface area (Å²) in [6.45, 7) is 2.23. The molecular formula is C22H26FN7O4. The van der Waals surface area contributed by atoms with Crippen molar-refractivity contribution in [2.75, 3.05) is 19.0 Å². The molecule has 12 heteroatoms. The lowest BCUT2D eigenvalue weighted by Crippen LogP contribution is -2.68. The fourth-order valence-corrected chi connectivity index (χ4v) is 5.08. The van der Waals surface area contributed by atoms with E-state index in [1.165, 1.54) is 0 Å². The van der Waals surface area contributed by atoms with Crippen LogP contribution in [0.1, 0.15) is 42.4 Å². The van der Waals surface area contributed by atoms with E-state index in [9.17, 15) is 4.79 Å². The SMILES string of the molecule is COCc1cn2c(Nc3cc([C@H]4OC[C@@H](OC(=O)NC56CC(C5)C6)[C@@H]4F)[nH]n3)nc(C)cc2n1. The van der Waals surface area contributed by atoms with Crippen molar-refractivity contribution in [2.45, 2.75) is 56.7 Å². The summed E-state index contributed by atoms with van der Waals surface area (Å²) < 4.78 is 33.0. The van der Waals surface area contributed by atoms with Crippen LogP contribution in [0.2, 0.25) is 0 Å². The molecule has 4 aliphatic rings. The summed E-state index contributed by atoms with van der Waals surface area (Å²) >= 11 is 0. The van der Waals surface area contributed by atoms with E-state index in [1.807, 2.05) is 19.2 Å². The van der Waals surface area contributed by atoms with Gasteiger partial charge >= 0.3 is 6.09 Å². The molecule has 7 rings (SSSR count). The number of imidazole rings is 1. The molecule has 3 N–H and O–H groups in total. The summed E-state index contributed by atoms with van der Waals surface area (Å²) in [5.41, 5.74) is 2.59. The lowest BCUT2D eigenvalue weighted by Gasteiger charge is -2.61. The van der Waals surface area contributed by atoms with Gasteiger partial charge < -0.3 is 24.8 Å². The van der Waals surface area contributed by atoms with Crippen molar-refractivity contribution < 1.29 is 23.4 Å². The highest BCUT2D eigenvalue weighted by atomic mass is 19.1. The molecule has 1 saturated heterocycles. The molecule has 0 aromatic carbocycles. The molecule has 1 amide bonds. The summed E-state index contributed by atoms with van der Waals surface area (Å²) in [5, 5.41) is 13.1. The Bertz CT molecular complexity index is 1230. The number of hydrogen-bond acceptors (Lipinski definition) is 8. The first kappa shape index (κ1) is 21.3. The topological polar surface area (TPSA) is 128 Å². The number of rotatable bonds is 7. The van der Waals surface area contributed by atoms with Crippen LogP contribution in [0, 0.1) is 12.8 Å². The molecule has 34 heavy (non-hydrogen) atoms. The van der Waals surface area contributed by atoms with Gasteiger partial charge in [-0.1, -0.05) is 0 Å². The van der Waals surface area contributed by atoms with Crippen molar-refractivity contribution in [3.63, 3.8) is 0 Å². The number of carbonyl (C=O) groups is 1. The quantitative estimate of drug-likeness (QED) is 0.480. The number of aromatic nitrogens is 5. The number of anilines is 2. The van der Waals surface area contributed by atoms with Crippen molar-refractivity contribution in [3.05, 3.63) is 35.4 Å². The molecule has 3 saturated carbocycles. The maximum Gasteiger partial charge on any atom is 0.408 e. The van der Waals surface area contributed by atoms with Crippen molar-refractivity contribution in [2.24, 2.45) is 5.92 Å². The Morgan fingerprint density at radius 3 is 2.91 bits per heavy atom. The van der Waals surface area contributed by atoms with Gasteiger partial charge in [0.25, 0.3) is 0 Å². The highest BCUT2D eigenvalue weighted by Crippen LogP contribution is 2.57. The number of aryl methyl sites for hydroxylation is 1. The molecule has 3 aromatic heterocycles. The number of alkyl carbamates (subject to hydrolysis) is 1. The van der Waals surface area contributed by atoms with Crippen LogP contribution in [0.3, 0.4) is 0 Å². The van der Waals surface area contributed by atoms with Crippen LogP contribution >= 0.6 is 0 Å². The van der Waals surface area contributed by atoms with Gasteiger partial charge in [0.1, 0.15) is 11.8 Å². The van der Waals surface area contributed by atoms with Crippen molar-refractivity contribution >= 4 is 23.5 Å². The Morgan fingerprint density at radius 1 is 1.35 bits per heavy atom. The zero-order chi connectivity index (χ0) is 23.4. The Morgan fingerprint density at radius 2 is 2.18 bits per heavy atom. The van der Waals surface area contributed by atoms with E-state index in [0.717, 1.165) is 42.2 Å². The number of carbonyl (C=O) groups excluding carboxylic acids is 1. The first-order valence-electron chi connectivity index (χ1n) is 11.3. The van der Waals surface area contributed by atoms with Crippen LogP contribution in [0.5, 0.6) is 0 Å². The Balaban J connectivity index is 1.12. The van der Waals surface area contributed by atoms with Crippen LogP contribution in [-0.4, -0.2) is 62.2 Å². The number of halogens is 1. The second-order valence-electron chi connectivity index (χ2n) is 9.47. The lowest BCUT2D eigenvalue weighted by atomic mass is 9.50. The largest absolute Gasteiger partial charge is 0.441 e. The molecule has 180 valence electrons. The average molecular weight is 471 g/mol. The number of aromatic amines is 1. The van der Waals surface area contributed by atoms with Crippen LogP contribution in [-0.2, 0) is 20.8 Å². The van der Waals surface area contributed by atoms with Gasteiger partial charge in [-0.25, -0.2) is 19.2 Å². The van der Waals surface area contributed by atoms with E-state index in [4.69, 9.17) is 14.2 Å². The molecule has 0 radical (unpaired) electrons. The second kappa shape index (κ2) is 7.91. The molecule has 0 unspecified atom stereocenters. The van der Waals surface area contributed by atoms with E-state index in [0.29, 0.717) is 24.1 Å². The first-order chi connectivity index (χ1) is 16.4. The van der Waals surface area contributed by atoms with E-state index in [-0.39, 0.29) is 12.1 Å². The number of H-pyrrole nitrogens is 1. The van der Waals surface area contributed by atoms with Gasteiger partial charge in [0.2, 0.25) is 5.95 Å². The van der Waals surface area contributed by atoms with E-state index in [2.05, 4.69) is 30.8 Å². The Hall–Kier alpha value is -3.25. The summed E-state index contributed by atoms with van der Waals surface area (Å²) in [4.78, 5) is 21.2. The minimum atomic E-state index is -1.51. The molecule has 3 aromatic rings. The molecule has 3 atom stereocenters. The molecule has 3 aliphatic carbocycles. The summed E-state index contributed by atoms with van der Waals surface area (Å²) in [5.74, 6) is 1.68. The van der Waals surface area contributed by atoms with E-state index in [1.54, 1.807) is 17.6 Å². The molecule has 2 bridgehead atoms. The third-order valence-electron chi connectivity index (χ3n) is 6.82. The van der Waals surface area contributed by atoms with Crippen molar-refractivity contribution in [1.29, 1.82) is 0 Å². The summed E-state index contributed by atoms with van der Waals surface area (Å²) in [7, 11) is 1.61. The van der Waals surface area contributed by atoms with Gasteiger partial charge in [0.15, 0.2) is 18.1 Å². The van der Waals surface area contributed by atoms with Crippen LogP contribution in [0.4, 0.5) is 21.0 Å². The predicted molar refractivity (Wildman–Crippen MR) is 117 cm³/mol. The third kappa shape index (κ3) is 3.66. The number of nitrogens with one attached hydrogen (secondary N) is 3. The van der Waals surface area contributed by atoms with Crippen molar-refractivity contribution in [1.82, 2.24) is 29.9 Å². The van der Waals surface area contributed by atoms with E-state index >= 15 is 4.39 Å². The molecular weight excluding hydrogens is 445 g/mol. The van der Waals surface area contributed by atoms with Gasteiger partial charge in [-0.2, -0.15) is 5.10 Å². The van der Waals surface area contributed by atoms with Gasteiger partial charge in [-0.05, 0) is 32.1 Å². The standard InChI is InChI=1S/C22H26FN7O4/c1-11-3-17-25-13(9-32-2)8-30(17)20(24-11)26-16-4-14(28-29-16)19-18(23)15(10-33-19)34-21(31)27-22-5-12(6-22)7-22/h3-4,8,12,15,18-19H,5-7,9-10H2,1-2H3,(H,27,31)(H2,24,26,28,29)/t12?,15-,18+,19-,22?/m1/s1. The number of alkyl halides is 1. The fraction of sp³-hybridized carbons (Fsp3) is 0.545. The first-order valence-corrected chi connectivity index (χ1v) is 11.3. The Labute approximate surface area is 194 Å². The van der Waals surface area contributed by atoms with Gasteiger partial charge in [-0.3, -0.25) is 9.50 Å². The number of ether oxygens (including phenoxy) is 3. The summed E-state index contributed by atoms with van der Waals surface area (Å²) in [6, 6.07) is 3.52. The van der Waals surface area contributed by atoms with Crippen LogP contribution in [0.15, 0.2) is 18.3 Å². The molecule has 4 heterocycles. The third-order valence-corrected chi connectivity index (χ3v) is 6.82. The van der Waals surface area contributed by atoms with E-state index < -0.39 is 24.5 Å². The maximum absolute atomic E-state index is 15.1. The zero-order valence-corrected chi connectivity index (χ0v) is 18.9. The van der Waals surface area contributed by atoms with Crippen LogP contribution < -0.4 is 10.6 Å². The predicted octanol–water partition coefficient (Wildman–Crippen LogP) is 2.71. The van der Waals surface area contributed by atoms with Crippen LogP contribution in [0.25, 0.3) is 5.65 Å². The number of fused-ring (bicyclic) bond motifs is 1. The smallest absolute Gasteiger partial charge is 0.408 e. The molecule has 0 spiro atoms. The average Bonchev–Trinajstić information content (AvgIpc) is 3.44. The molecule has 4 fully saturated rings. The minimum absolute atomic E-state index is 0.0198. The highest BCUT2D eigenvalue weighted by Gasteiger charge is 2.58. The monoisotopic (exact) mass is 471 g/mol. The highest BCUT2D eigenvalue weighted by molar-refractivity contribution is 5.69. The maximum atomic E-state index is 15.1. The zero-order valence-electron chi connectivity index (χ0n) is 18.9. The Kier molecular flexibility index (Phi) is 4.96. The minimum Gasteiger partial charge on any atom is -0.441 e. The lowest BCUT2D eigenvalue weighted by molar-refractivity contribution is -0.0528.